The van der Waals surface area contributed by atoms with Crippen LogP contribution in [0.4, 0.5) is 0 Å². The minimum absolute atomic E-state index is 0.0312. The molecule has 0 radical (unpaired) electrons. The monoisotopic (exact) mass is 254 g/mol. The van der Waals surface area contributed by atoms with Gasteiger partial charge in [-0.3, -0.25) is 0 Å². The van der Waals surface area contributed by atoms with E-state index in [1.54, 1.807) is 6.08 Å². The van der Waals surface area contributed by atoms with Crippen LogP contribution >= 0.6 is 15.9 Å². The van der Waals surface area contributed by atoms with Crippen LogP contribution in [0.3, 0.4) is 0 Å². The van der Waals surface area contributed by atoms with Crippen molar-refractivity contribution in [3.05, 3.63) is 47.0 Å². The second-order valence-electron chi connectivity index (χ2n) is 3.68. The Labute approximate surface area is 93.6 Å². The van der Waals surface area contributed by atoms with E-state index in [1.165, 1.54) is 0 Å². The summed E-state index contributed by atoms with van der Waals surface area (Å²) in [5, 5.41) is 10.3. The Balaban J connectivity index is 3.03. The molecular weight excluding hydrogens is 240 g/mol. The lowest BCUT2D eigenvalue weighted by Crippen LogP contribution is -2.28. The molecule has 2 heteroatoms. The topological polar surface area (TPSA) is 20.2 Å². The molecule has 0 spiro atoms. The van der Waals surface area contributed by atoms with Gasteiger partial charge in [-0.15, -0.1) is 6.58 Å². The van der Waals surface area contributed by atoms with Gasteiger partial charge in [-0.1, -0.05) is 41.1 Å². The van der Waals surface area contributed by atoms with Crippen molar-refractivity contribution in [2.75, 3.05) is 0 Å². The Morgan fingerprint density at radius 1 is 1.43 bits per heavy atom. The van der Waals surface area contributed by atoms with Crippen LogP contribution < -0.4 is 0 Å². The second-order valence-corrected chi connectivity index (χ2v) is 4.59. The molecule has 0 saturated heterocycles. The first-order chi connectivity index (χ1) is 6.48. The first kappa shape index (κ1) is 11.5. The highest BCUT2D eigenvalue weighted by Gasteiger charge is 2.27. The molecule has 1 aromatic rings. The molecule has 0 saturated carbocycles. The smallest absolute Gasteiger partial charge is 0.0928 e. The third-order valence-electron chi connectivity index (χ3n) is 2.67. The number of hydrogen-bond acceptors (Lipinski definition) is 1. The summed E-state index contributed by atoms with van der Waals surface area (Å²) < 4.78 is 1.02. The Kier molecular flexibility index (Phi) is 3.51. The zero-order valence-corrected chi connectivity index (χ0v) is 10.1. The van der Waals surface area contributed by atoms with E-state index in [0.717, 1.165) is 10.0 Å². The number of aliphatic hydroxyl groups is 1. The number of halogens is 1. The van der Waals surface area contributed by atoms with Crippen molar-refractivity contribution in [3.8, 4) is 0 Å². The summed E-state index contributed by atoms with van der Waals surface area (Å²) in [5.41, 5.74) is 0.0655. The number of hydrogen-bond donors (Lipinski definition) is 1. The maximum atomic E-state index is 10.3. The van der Waals surface area contributed by atoms with Gasteiger partial charge < -0.3 is 5.11 Å². The van der Waals surface area contributed by atoms with E-state index in [-0.39, 0.29) is 5.92 Å². The molecule has 0 bridgehead atoms. The fraction of sp³-hybridized carbons (Fsp3) is 0.333. The van der Waals surface area contributed by atoms with Gasteiger partial charge in [-0.2, -0.15) is 0 Å². The highest BCUT2D eigenvalue weighted by atomic mass is 79.9. The minimum atomic E-state index is -0.845. The lowest BCUT2D eigenvalue weighted by Gasteiger charge is -2.28. The van der Waals surface area contributed by atoms with Gasteiger partial charge in [0.05, 0.1) is 5.60 Å². The molecule has 2 atom stereocenters. The van der Waals surface area contributed by atoms with E-state index in [1.807, 2.05) is 38.1 Å². The van der Waals surface area contributed by atoms with Crippen molar-refractivity contribution in [1.82, 2.24) is 0 Å². The molecule has 0 aromatic heterocycles. The van der Waals surface area contributed by atoms with Crippen LogP contribution in [0.1, 0.15) is 19.4 Å². The van der Waals surface area contributed by atoms with Crippen molar-refractivity contribution in [2.24, 2.45) is 5.92 Å². The molecule has 0 unspecified atom stereocenters. The van der Waals surface area contributed by atoms with Crippen LogP contribution in [0.2, 0.25) is 0 Å². The maximum absolute atomic E-state index is 10.3. The zero-order chi connectivity index (χ0) is 10.8. The van der Waals surface area contributed by atoms with Crippen molar-refractivity contribution in [3.63, 3.8) is 0 Å². The van der Waals surface area contributed by atoms with E-state index < -0.39 is 5.60 Å². The van der Waals surface area contributed by atoms with Crippen molar-refractivity contribution in [1.29, 1.82) is 0 Å². The molecule has 0 heterocycles. The van der Waals surface area contributed by atoms with Crippen LogP contribution in [-0.4, -0.2) is 5.11 Å². The molecule has 1 N–H and O–H groups in total. The molecule has 0 amide bonds. The molecule has 1 nitrogen and oxygen atoms in total. The molecule has 0 aliphatic heterocycles. The number of rotatable bonds is 3. The maximum Gasteiger partial charge on any atom is 0.0928 e. The van der Waals surface area contributed by atoms with E-state index >= 15 is 0 Å². The SMILES string of the molecule is C=C[C@@H](C)[C@](C)(O)c1ccc(Br)cc1. The minimum Gasteiger partial charge on any atom is -0.385 e. The fourth-order valence-electron chi connectivity index (χ4n) is 1.28. The molecule has 0 aliphatic carbocycles. The second kappa shape index (κ2) is 4.28. The molecule has 14 heavy (non-hydrogen) atoms. The van der Waals surface area contributed by atoms with Gasteiger partial charge in [0.15, 0.2) is 0 Å². The molecule has 0 aliphatic rings. The van der Waals surface area contributed by atoms with E-state index in [0.29, 0.717) is 0 Å². The van der Waals surface area contributed by atoms with Crippen molar-refractivity contribution >= 4 is 15.9 Å². The Morgan fingerprint density at radius 2 is 1.93 bits per heavy atom. The van der Waals surface area contributed by atoms with Crippen LogP contribution in [0, 0.1) is 5.92 Å². The summed E-state index contributed by atoms with van der Waals surface area (Å²) in [6.45, 7) is 7.46. The zero-order valence-electron chi connectivity index (χ0n) is 8.50. The standard InChI is InChI=1S/C12H15BrO/c1-4-9(2)12(3,14)10-5-7-11(13)8-6-10/h4-9,14H,1H2,2-3H3/t9-,12+/m1/s1. The van der Waals surface area contributed by atoms with Crippen LogP contribution in [0.5, 0.6) is 0 Å². The van der Waals surface area contributed by atoms with E-state index in [4.69, 9.17) is 0 Å². The van der Waals surface area contributed by atoms with Gasteiger partial charge in [-0.05, 0) is 24.6 Å². The summed E-state index contributed by atoms with van der Waals surface area (Å²) in [6.07, 6.45) is 1.77. The fourth-order valence-corrected chi connectivity index (χ4v) is 1.54. The summed E-state index contributed by atoms with van der Waals surface area (Å²) in [6, 6.07) is 7.70. The van der Waals surface area contributed by atoms with Crippen LogP contribution in [0.15, 0.2) is 41.4 Å². The summed E-state index contributed by atoms with van der Waals surface area (Å²) in [4.78, 5) is 0. The Hall–Kier alpha value is -0.600. The highest BCUT2D eigenvalue weighted by molar-refractivity contribution is 9.10. The first-order valence-corrected chi connectivity index (χ1v) is 5.38. The van der Waals surface area contributed by atoms with Crippen molar-refractivity contribution < 1.29 is 5.11 Å². The first-order valence-electron chi connectivity index (χ1n) is 4.59. The third kappa shape index (κ3) is 2.25. The summed E-state index contributed by atoms with van der Waals surface area (Å²) >= 11 is 3.36. The van der Waals surface area contributed by atoms with Crippen molar-refractivity contribution in [2.45, 2.75) is 19.4 Å². The third-order valence-corrected chi connectivity index (χ3v) is 3.20. The summed E-state index contributed by atoms with van der Waals surface area (Å²) in [7, 11) is 0. The Bertz CT molecular complexity index is 314. The lowest BCUT2D eigenvalue weighted by molar-refractivity contribution is 0.0205. The average Bonchev–Trinajstić information content (AvgIpc) is 2.17. The molecular formula is C12H15BrO. The highest BCUT2D eigenvalue weighted by Crippen LogP contribution is 2.30. The van der Waals surface area contributed by atoms with E-state index in [9.17, 15) is 5.11 Å². The van der Waals surface area contributed by atoms with Gasteiger partial charge >= 0.3 is 0 Å². The average molecular weight is 255 g/mol. The largest absolute Gasteiger partial charge is 0.385 e. The predicted molar refractivity (Wildman–Crippen MR) is 63.1 cm³/mol. The van der Waals surface area contributed by atoms with Gasteiger partial charge in [0.2, 0.25) is 0 Å². The molecule has 1 rings (SSSR count). The lowest BCUT2D eigenvalue weighted by atomic mass is 9.84. The summed E-state index contributed by atoms with van der Waals surface area (Å²) in [5.74, 6) is 0.0312. The molecule has 0 fully saturated rings. The van der Waals surface area contributed by atoms with Gasteiger partial charge in [0, 0.05) is 10.4 Å². The van der Waals surface area contributed by atoms with Gasteiger partial charge in [0.1, 0.15) is 0 Å². The quantitative estimate of drug-likeness (QED) is 0.820. The predicted octanol–water partition coefficient (Wildman–Crippen LogP) is 3.48. The van der Waals surface area contributed by atoms with Gasteiger partial charge in [-0.25, -0.2) is 0 Å². The van der Waals surface area contributed by atoms with Gasteiger partial charge in [0.25, 0.3) is 0 Å². The Morgan fingerprint density at radius 3 is 2.36 bits per heavy atom. The molecule has 76 valence electrons. The van der Waals surface area contributed by atoms with Crippen LogP contribution in [0.25, 0.3) is 0 Å². The normalized spacial score (nSPS) is 17.1. The van der Waals surface area contributed by atoms with E-state index in [2.05, 4.69) is 22.5 Å². The van der Waals surface area contributed by atoms with Crippen LogP contribution in [-0.2, 0) is 5.60 Å². The molecule has 1 aromatic carbocycles. The number of benzene rings is 1.